The van der Waals surface area contributed by atoms with E-state index in [-0.39, 0.29) is 5.41 Å². The summed E-state index contributed by atoms with van der Waals surface area (Å²) in [6.07, 6.45) is 0.873. The maximum absolute atomic E-state index is 7.49. The normalized spacial score (nSPS) is 13.5. The molecule has 0 bridgehead atoms. The third-order valence-corrected chi connectivity index (χ3v) is 14.7. The number of rotatable bonds is 4. The summed E-state index contributed by atoms with van der Waals surface area (Å²) in [7, 11) is 0. The lowest BCUT2D eigenvalue weighted by atomic mass is 9.82. The van der Waals surface area contributed by atoms with Gasteiger partial charge in [0.1, 0.15) is 5.58 Å². The predicted molar refractivity (Wildman–Crippen MR) is 270 cm³/mol. The van der Waals surface area contributed by atoms with Gasteiger partial charge in [0, 0.05) is 33.9 Å². The van der Waals surface area contributed by atoms with Gasteiger partial charge in [-0.1, -0.05) is 178 Å². The highest BCUT2D eigenvalue weighted by atomic mass is 16.3. The molecule has 11 aromatic carbocycles. The standard InChI is InChI=1S/C62H41NO/c1-62(2)55-26-12-11-23-49(55)50-32-30-40(36-56(50)62)63(57-27-13-24-43-41-17-5-3-15-37(41)33-53(43)57)58-28-14-25-51-54-34-38-16-4-6-18-42(38)59(61(54)64-60(51)58)39-29-31-48-46-21-8-7-19-44(46)45-20-9-10-22-47(45)52(48)35-39/h3-32,34-36H,33H2,1-2H3. The fraction of sp³-hybridized carbons (Fsp3) is 0.0645. The molecule has 2 aliphatic carbocycles. The number of hydrogen-bond acceptors (Lipinski definition) is 2. The van der Waals surface area contributed by atoms with Gasteiger partial charge in [-0.25, -0.2) is 0 Å². The molecule has 1 aromatic heterocycles. The molecule has 0 radical (unpaired) electrons. The average Bonchev–Trinajstić information content (AvgIpc) is 3.99. The molecule has 300 valence electrons. The van der Waals surface area contributed by atoms with Gasteiger partial charge < -0.3 is 9.32 Å². The Labute approximate surface area is 371 Å². The SMILES string of the molecule is CC1(C)c2ccccc2-c2ccc(N(c3cccc4c3Cc3ccccc3-4)c3cccc4c3oc3c(-c5ccc6c7ccccc7c7ccccc7c6c5)c5ccccc5cc34)cc21. The van der Waals surface area contributed by atoms with Crippen molar-refractivity contribution in [1.29, 1.82) is 0 Å². The van der Waals surface area contributed by atoms with Crippen LogP contribution in [0.5, 0.6) is 0 Å². The molecule has 0 unspecified atom stereocenters. The number of fused-ring (bicyclic) bond motifs is 16. The highest BCUT2D eigenvalue weighted by Gasteiger charge is 2.36. The summed E-state index contributed by atoms with van der Waals surface area (Å²) in [5, 5.41) is 12.2. The Morgan fingerprint density at radius 3 is 1.83 bits per heavy atom. The van der Waals surface area contributed by atoms with E-state index in [2.05, 4.69) is 219 Å². The van der Waals surface area contributed by atoms with Crippen molar-refractivity contribution in [2.45, 2.75) is 25.7 Å². The summed E-state index contributed by atoms with van der Waals surface area (Å²) in [5.74, 6) is 0. The Kier molecular flexibility index (Phi) is 7.26. The molecule has 2 heteroatoms. The first-order chi connectivity index (χ1) is 31.5. The molecule has 0 atom stereocenters. The van der Waals surface area contributed by atoms with E-state index in [0.717, 1.165) is 50.9 Å². The minimum absolute atomic E-state index is 0.152. The number of hydrogen-bond donors (Lipinski definition) is 0. The molecule has 0 amide bonds. The fourth-order valence-electron chi connectivity index (χ4n) is 11.7. The van der Waals surface area contributed by atoms with Crippen molar-refractivity contribution in [2.24, 2.45) is 0 Å². The van der Waals surface area contributed by atoms with E-state index >= 15 is 0 Å². The van der Waals surface area contributed by atoms with Gasteiger partial charge in [-0.15, -0.1) is 0 Å². The predicted octanol–water partition coefficient (Wildman–Crippen LogP) is 17.2. The third kappa shape index (κ3) is 4.85. The van der Waals surface area contributed by atoms with Crippen LogP contribution in [-0.4, -0.2) is 0 Å². The van der Waals surface area contributed by atoms with Crippen LogP contribution in [0.4, 0.5) is 17.1 Å². The molecule has 0 aliphatic heterocycles. The van der Waals surface area contributed by atoms with Crippen molar-refractivity contribution in [2.75, 3.05) is 4.90 Å². The summed E-state index contributed by atoms with van der Waals surface area (Å²) in [6.45, 7) is 4.74. The molecule has 0 N–H and O–H groups in total. The summed E-state index contributed by atoms with van der Waals surface area (Å²) in [5.41, 5.74) is 17.9. The molecule has 2 aliphatic rings. The van der Waals surface area contributed by atoms with E-state index in [4.69, 9.17) is 4.42 Å². The first-order valence-electron chi connectivity index (χ1n) is 22.5. The van der Waals surface area contributed by atoms with Crippen LogP contribution in [0.3, 0.4) is 0 Å². The third-order valence-electron chi connectivity index (χ3n) is 14.7. The largest absolute Gasteiger partial charge is 0.453 e. The first kappa shape index (κ1) is 35.6. The Morgan fingerprint density at radius 2 is 1.02 bits per heavy atom. The van der Waals surface area contributed by atoms with Crippen molar-refractivity contribution in [3.05, 3.63) is 222 Å². The van der Waals surface area contributed by atoms with E-state index < -0.39 is 0 Å². The highest BCUT2D eigenvalue weighted by molar-refractivity contribution is 6.27. The van der Waals surface area contributed by atoms with E-state index in [1.165, 1.54) is 93.3 Å². The van der Waals surface area contributed by atoms with Crippen molar-refractivity contribution in [1.82, 2.24) is 0 Å². The number of furan rings is 1. The molecule has 0 saturated heterocycles. The van der Waals surface area contributed by atoms with E-state index in [0.29, 0.717) is 0 Å². The first-order valence-corrected chi connectivity index (χ1v) is 22.5. The van der Waals surface area contributed by atoms with Crippen LogP contribution in [0.1, 0.15) is 36.1 Å². The summed E-state index contributed by atoms with van der Waals surface area (Å²) in [4.78, 5) is 2.49. The minimum Gasteiger partial charge on any atom is -0.453 e. The maximum atomic E-state index is 7.49. The van der Waals surface area contributed by atoms with E-state index in [1.54, 1.807) is 0 Å². The van der Waals surface area contributed by atoms with Gasteiger partial charge in [-0.05, 0) is 130 Å². The number of anilines is 3. The lowest BCUT2D eigenvalue weighted by Crippen LogP contribution is -2.17. The van der Waals surface area contributed by atoms with Crippen LogP contribution in [-0.2, 0) is 11.8 Å². The van der Waals surface area contributed by atoms with Gasteiger partial charge in [-0.2, -0.15) is 0 Å². The molecule has 14 rings (SSSR count). The smallest absolute Gasteiger partial charge is 0.159 e. The van der Waals surface area contributed by atoms with Gasteiger partial charge in [0.25, 0.3) is 0 Å². The molecule has 0 spiro atoms. The van der Waals surface area contributed by atoms with Crippen molar-refractivity contribution in [3.8, 4) is 33.4 Å². The Hall–Kier alpha value is -7.94. The second-order valence-corrected chi connectivity index (χ2v) is 18.3. The van der Waals surface area contributed by atoms with E-state index in [9.17, 15) is 0 Å². The lowest BCUT2D eigenvalue weighted by Gasteiger charge is -2.29. The maximum Gasteiger partial charge on any atom is 0.159 e. The average molecular weight is 816 g/mol. The monoisotopic (exact) mass is 815 g/mol. The van der Waals surface area contributed by atoms with Gasteiger partial charge in [0.2, 0.25) is 0 Å². The Bertz CT molecular complexity index is 3940. The summed E-state index contributed by atoms with van der Waals surface area (Å²) < 4.78 is 7.49. The molecular formula is C62H41NO. The van der Waals surface area contributed by atoms with Crippen molar-refractivity contribution in [3.63, 3.8) is 0 Å². The quantitative estimate of drug-likeness (QED) is 0.165. The van der Waals surface area contributed by atoms with Crippen LogP contribution in [0, 0.1) is 0 Å². The number of benzene rings is 11. The number of nitrogens with zero attached hydrogens (tertiary/aromatic N) is 1. The fourth-order valence-corrected chi connectivity index (χ4v) is 11.7. The van der Waals surface area contributed by atoms with Crippen LogP contribution in [0.15, 0.2) is 205 Å². The second kappa shape index (κ2) is 13.0. The zero-order chi connectivity index (χ0) is 42.3. The molecule has 12 aromatic rings. The molecule has 64 heavy (non-hydrogen) atoms. The van der Waals surface area contributed by atoms with E-state index in [1.807, 2.05) is 0 Å². The molecular weight excluding hydrogens is 775 g/mol. The zero-order valence-electron chi connectivity index (χ0n) is 35.6. The number of para-hydroxylation sites is 1. The van der Waals surface area contributed by atoms with Gasteiger partial charge in [0.05, 0.1) is 11.4 Å². The minimum atomic E-state index is -0.152. The lowest BCUT2D eigenvalue weighted by molar-refractivity contribution is 0.660. The molecule has 1 heterocycles. The second-order valence-electron chi connectivity index (χ2n) is 18.3. The van der Waals surface area contributed by atoms with Crippen molar-refractivity contribution < 1.29 is 4.42 Å². The van der Waals surface area contributed by atoms with Crippen LogP contribution in [0.25, 0.3) is 98.4 Å². The molecule has 2 nitrogen and oxygen atoms in total. The highest BCUT2D eigenvalue weighted by Crippen LogP contribution is 2.54. The van der Waals surface area contributed by atoms with Gasteiger partial charge in [0.15, 0.2) is 5.58 Å². The summed E-state index contributed by atoms with van der Waals surface area (Å²) in [6, 6.07) is 74.3. The van der Waals surface area contributed by atoms with Crippen LogP contribution in [0.2, 0.25) is 0 Å². The Balaban J connectivity index is 1.05. The molecule has 0 saturated carbocycles. The van der Waals surface area contributed by atoms with Crippen molar-refractivity contribution >= 4 is 82.1 Å². The van der Waals surface area contributed by atoms with Crippen LogP contribution >= 0.6 is 0 Å². The zero-order valence-corrected chi connectivity index (χ0v) is 35.6. The van der Waals surface area contributed by atoms with Crippen LogP contribution < -0.4 is 4.90 Å². The Morgan fingerprint density at radius 1 is 0.406 bits per heavy atom. The topological polar surface area (TPSA) is 16.4 Å². The van der Waals surface area contributed by atoms with Gasteiger partial charge in [-0.3, -0.25) is 0 Å². The summed E-state index contributed by atoms with van der Waals surface area (Å²) >= 11 is 0. The molecule has 0 fully saturated rings. The van der Waals surface area contributed by atoms with Gasteiger partial charge >= 0.3 is 0 Å².